The lowest BCUT2D eigenvalue weighted by Gasteiger charge is -2.43. The van der Waals surface area contributed by atoms with Crippen LogP contribution in [0.15, 0.2) is 35.7 Å². The molecule has 0 bridgehead atoms. The van der Waals surface area contributed by atoms with Gasteiger partial charge in [-0.3, -0.25) is 4.90 Å². The van der Waals surface area contributed by atoms with E-state index in [0.29, 0.717) is 12.4 Å². The van der Waals surface area contributed by atoms with E-state index in [4.69, 9.17) is 14.7 Å². The van der Waals surface area contributed by atoms with Gasteiger partial charge in [0.2, 0.25) is 0 Å². The van der Waals surface area contributed by atoms with Gasteiger partial charge in [0.1, 0.15) is 12.7 Å². The van der Waals surface area contributed by atoms with Crippen LogP contribution in [0.2, 0.25) is 0 Å². The number of thiophene rings is 1. The molecule has 0 amide bonds. The van der Waals surface area contributed by atoms with Gasteiger partial charge in [0.15, 0.2) is 10.9 Å². The zero-order valence-corrected chi connectivity index (χ0v) is 19.1. The van der Waals surface area contributed by atoms with Crippen LogP contribution in [-0.4, -0.2) is 52.7 Å². The Morgan fingerprint density at radius 2 is 2.22 bits per heavy atom. The van der Waals surface area contributed by atoms with E-state index in [1.165, 1.54) is 18.4 Å². The van der Waals surface area contributed by atoms with E-state index < -0.39 is 0 Å². The molecular formula is C23H26FN5O2S. The number of pyridine rings is 1. The number of piperidine rings is 1. The predicted molar refractivity (Wildman–Crippen MR) is 121 cm³/mol. The van der Waals surface area contributed by atoms with Crippen LogP contribution in [0.1, 0.15) is 40.1 Å². The Morgan fingerprint density at radius 1 is 1.38 bits per heavy atom. The average Bonchev–Trinajstić information content (AvgIpc) is 3.37. The Morgan fingerprint density at radius 3 is 3.03 bits per heavy atom. The first kappa shape index (κ1) is 21.2. The van der Waals surface area contributed by atoms with Crippen molar-refractivity contribution in [1.29, 1.82) is 0 Å². The van der Waals surface area contributed by atoms with Crippen LogP contribution in [0.4, 0.5) is 4.39 Å². The largest absolute Gasteiger partial charge is 0.399 e. The van der Waals surface area contributed by atoms with Crippen molar-refractivity contribution in [1.82, 2.24) is 19.7 Å². The summed E-state index contributed by atoms with van der Waals surface area (Å²) in [7, 11) is 1.51. The van der Waals surface area contributed by atoms with Crippen molar-refractivity contribution in [3.8, 4) is 5.82 Å². The summed E-state index contributed by atoms with van der Waals surface area (Å²) in [5.74, 6) is 0.711. The lowest BCUT2D eigenvalue weighted by molar-refractivity contribution is -0.0960. The molecule has 0 saturated carbocycles. The molecule has 1 spiro atoms. The van der Waals surface area contributed by atoms with Gasteiger partial charge < -0.3 is 9.57 Å². The van der Waals surface area contributed by atoms with Crippen molar-refractivity contribution in [2.24, 2.45) is 5.16 Å². The summed E-state index contributed by atoms with van der Waals surface area (Å²) >= 11 is 1.26. The minimum Gasteiger partial charge on any atom is -0.399 e. The number of aryl methyl sites for hydroxylation is 1. The van der Waals surface area contributed by atoms with E-state index in [9.17, 15) is 4.39 Å². The van der Waals surface area contributed by atoms with Gasteiger partial charge in [-0.1, -0.05) is 5.16 Å². The zero-order chi connectivity index (χ0) is 22.1. The van der Waals surface area contributed by atoms with E-state index in [0.717, 1.165) is 66.2 Å². The molecule has 3 aromatic heterocycles. The maximum atomic E-state index is 13.9. The molecule has 0 aliphatic carbocycles. The van der Waals surface area contributed by atoms with Crippen molar-refractivity contribution in [3.05, 3.63) is 63.0 Å². The molecule has 2 aliphatic heterocycles. The van der Waals surface area contributed by atoms with Crippen molar-refractivity contribution in [2.45, 2.75) is 38.3 Å². The van der Waals surface area contributed by atoms with Crippen LogP contribution in [0.5, 0.6) is 0 Å². The maximum absolute atomic E-state index is 13.9. The molecule has 0 atom stereocenters. The molecule has 0 radical (unpaired) electrons. The SMILES string of the molecule is CON=Cc1cccnc1-n1cc(CN2CCC3(CC2)OCCc2cc(F)sc23)c(C)n1. The third-order valence-corrected chi connectivity index (χ3v) is 7.48. The second-order valence-electron chi connectivity index (χ2n) is 8.29. The molecule has 32 heavy (non-hydrogen) atoms. The number of nitrogens with zero attached hydrogens (tertiary/aromatic N) is 5. The standard InChI is InChI=1S/C23H26FN5O2S/c1-16-19(15-29(27-16)22-18(13-26-30-2)4-3-8-25-22)14-28-9-6-23(7-10-28)21-17(5-11-31-23)12-20(24)32-21/h3-4,8,12-13,15H,5-7,9-11,14H2,1-2H3. The van der Waals surface area contributed by atoms with Crippen LogP contribution in [-0.2, 0) is 28.1 Å². The molecule has 2 aliphatic rings. The quantitative estimate of drug-likeness (QED) is 0.432. The summed E-state index contributed by atoms with van der Waals surface area (Å²) in [4.78, 5) is 12.8. The number of halogens is 1. The van der Waals surface area contributed by atoms with Gasteiger partial charge in [0, 0.05) is 48.0 Å². The van der Waals surface area contributed by atoms with Crippen molar-refractivity contribution < 1.29 is 14.0 Å². The Labute approximate surface area is 190 Å². The number of aromatic nitrogens is 3. The van der Waals surface area contributed by atoms with Crippen molar-refractivity contribution in [3.63, 3.8) is 0 Å². The molecule has 5 heterocycles. The highest BCUT2D eigenvalue weighted by atomic mass is 32.1. The van der Waals surface area contributed by atoms with E-state index in [-0.39, 0.29) is 10.7 Å². The first-order valence-electron chi connectivity index (χ1n) is 10.8. The molecular weight excluding hydrogens is 429 g/mol. The molecule has 9 heteroatoms. The molecule has 0 unspecified atom stereocenters. The Hall–Kier alpha value is -2.62. The normalized spacial score (nSPS) is 18.3. The molecule has 0 N–H and O–H groups in total. The lowest BCUT2D eigenvalue weighted by atomic mass is 9.85. The maximum Gasteiger partial charge on any atom is 0.177 e. The molecule has 1 saturated heterocycles. The van der Waals surface area contributed by atoms with E-state index in [2.05, 4.69) is 15.0 Å². The number of ether oxygens (including phenoxy) is 1. The van der Waals surface area contributed by atoms with E-state index in [1.54, 1.807) is 23.2 Å². The first-order chi connectivity index (χ1) is 15.6. The summed E-state index contributed by atoms with van der Waals surface area (Å²) in [5, 5.41) is 8.45. The monoisotopic (exact) mass is 455 g/mol. The molecule has 5 rings (SSSR count). The van der Waals surface area contributed by atoms with Crippen LogP contribution >= 0.6 is 11.3 Å². The molecule has 0 aromatic carbocycles. The van der Waals surface area contributed by atoms with Crippen LogP contribution < -0.4 is 0 Å². The summed E-state index contributed by atoms with van der Waals surface area (Å²) in [6.07, 6.45) is 7.98. The Kier molecular flexibility index (Phi) is 5.79. The van der Waals surface area contributed by atoms with E-state index >= 15 is 0 Å². The highest BCUT2D eigenvalue weighted by Gasteiger charge is 2.42. The third kappa shape index (κ3) is 3.96. The van der Waals surface area contributed by atoms with Crippen molar-refractivity contribution in [2.75, 3.05) is 26.8 Å². The minimum atomic E-state index is -0.318. The number of likely N-dealkylation sites (tertiary alicyclic amines) is 1. The van der Waals surface area contributed by atoms with Gasteiger partial charge in [-0.25, -0.2) is 9.67 Å². The third-order valence-electron chi connectivity index (χ3n) is 6.33. The fourth-order valence-corrected chi connectivity index (χ4v) is 5.78. The highest BCUT2D eigenvalue weighted by molar-refractivity contribution is 7.10. The van der Waals surface area contributed by atoms with Gasteiger partial charge in [0.25, 0.3) is 0 Å². The summed E-state index contributed by atoms with van der Waals surface area (Å²) in [6.45, 7) is 5.31. The van der Waals surface area contributed by atoms with Gasteiger partial charge in [-0.2, -0.15) is 9.49 Å². The molecule has 7 nitrogen and oxygen atoms in total. The molecule has 1 fully saturated rings. The minimum absolute atomic E-state index is 0.102. The van der Waals surface area contributed by atoms with Gasteiger partial charge in [0.05, 0.1) is 18.5 Å². The summed E-state index contributed by atoms with van der Waals surface area (Å²) in [6, 6.07) is 5.48. The van der Waals surface area contributed by atoms with Crippen LogP contribution in [0.25, 0.3) is 5.82 Å². The topological polar surface area (TPSA) is 64.8 Å². The number of oxime groups is 1. The fraction of sp³-hybridized carbons (Fsp3) is 0.435. The van der Waals surface area contributed by atoms with Gasteiger partial charge in [-0.05, 0) is 49.9 Å². The number of rotatable bonds is 5. The highest BCUT2D eigenvalue weighted by Crippen LogP contribution is 2.45. The van der Waals surface area contributed by atoms with Crippen molar-refractivity contribution >= 4 is 17.6 Å². The Balaban J connectivity index is 1.30. The Bertz CT molecular complexity index is 1130. The number of hydrogen-bond donors (Lipinski definition) is 0. The van der Waals surface area contributed by atoms with E-state index in [1.807, 2.05) is 25.3 Å². The average molecular weight is 456 g/mol. The summed E-state index contributed by atoms with van der Waals surface area (Å²) < 4.78 is 21.9. The molecule has 3 aromatic rings. The fourth-order valence-electron chi connectivity index (χ4n) is 4.64. The molecule has 168 valence electrons. The zero-order valence-electron chi connectivity index (χ0n) is 18.3. The first-order valence-corrected chi connectivity index (χ1v) is 11.6. The predicted octanol–water partition coefficient (Wildman–Crippen LogP) is 3.82. The second-order valence-corrected chi connectivity index (χ2v) is 9.29. The van der Waals surface area contributed by atoms with Gasteiger partial charge in [-0.15, -0.1) is 11.3 Å². The number of hydrogen-bond acceptors (Lipinski definition) is 7. The van der Waals surface area contributed by atoms with Crippen LogP contribution in [0.3, 0.4) is 0 Å². The lowest BCUT2D eigenvalue weighted by Crippen LogP contribution is -2.45. The van der Waals surface area contributed by atoms with Crippen LogP contribution in [0, 0.1) is 12.1 Å². The number of fused-ring (bicyclic) bond motifs is 2. The second kappa shape index (κ2) is 8.73. The van der Waals surface area contributed by atoms with Gasteiger partial charge >= 0.3 is 0 Å². The smallest absolute Gasteiger partial charge is 0.177 e. The summed E-state index contributed by atoms with van der Waals surface area (Å²) in [5.41, 5.74) is 3.78.